The van der Waals surface area contributed by atoms with Crippen molar-refractivity contribution in [3.63, 3.8) is 0 Å². The molecule has 0 aliphatic carbocycles. The van der Waals surface area contributed by atoms with Crippen molar-refractivity contribution in [2.75, 3.05) is 17.2 Å². The van der Waals surface area contributed by atoms with Crippen molar-refractivity contribution in [2.24, 2.45) is 7.05 Å². The van der Waals surface area contributed by atoms with Crippen LogP contribution in [0.5, 0.6) is 0 Å². The van der Waals surface area contributed by atoms with Gasteiger partial charge in [0.25, 0.3) is 5.91 Å². The number of rotatable bonds is 3. The molecule has 2 rings (SSSR count). The summed E-state index contributed by atoms with van der Waals surface area (Å²) >= 11 is 0. The first kappa shape index (κ1) is 14.0. The maximum absolute atomic E-state index is 12.2. The number of nitrogens with two attached hydrogens (primary N) is 1. The van der Waals surface area contributed by atoms with Gasteiger partial charge in [0, 0.05) is 35.4 Å². The third kappa shape index (κ3) is 2.97. The molecule has 0 bridgehead atoms. The van der Waals surface area contributed by atoms with Crippen molar-refractivity contribution in [3.05, 3.63) is 11.4 Å². The summed E-state index contributed by atoms with van der Waals surface area (Å²) in [5.41, 5.74) is 7.58. The van der Waals surface area contributed by atoms with E-state index in [2.05, 4.69) is 10.4 Å². The number of carbonyl (C=O) groups is 1. The zero-order chi connectivity index (χ0) is 14.0. The average molecular weight is 284 g/mol. The minimum Gasteiger partial charge on any atom is -0.395 e. The van der Waals surface area contributed by atoms with Crippen LogP contribution in [0, 0.1) is 0 Å². The van der Waals surface area contributed by atoms with Crippen LogP contribution in [0.15, 0.2) is 0 Å². The van der Waals surface area contributed by atoms with Gasteiger partial charge in [-0.05, 0) is 19.3 Å². The summed E-state index contributed by atoms with van der Waals surface area (Å²) in [6.45, 7) is 1.96. The van der Waals surface area contributed by atoms with Gasteiger partial charge in [-0.15, -0.1) is 0 Å². The zero-order valence-corrected chi connectivity index (χ0v) is 12.1. The molecule has 0 atom stereocenters. The minimum atomic E-state index is -0.720. The topological polar surface area (TPSA) is 90.0 Å². The number of hydrogen-bond acceptors (Lipinski definition) is 4. The van der Waals surface area contributed by atoms with Crippen molar-refractivity contribution in [2.45, 2.75) is 32.2 Å². The summed E-state index contributed by atoms with van der Waals surface area (Å²) in [4.78, 5) is 12.2. The van der Waals surface area contributed by atoms with Gasteiger partial charge in [-0.2, -0.15) is 5.10 Å². The number of nitrogens with one attached hydrogen (secondary N) is 1. The molecule has 0 radical (unpaired) electrons. The summed E-state index contributed by atoms with van der Waals surface area (Å²) in [5.74, 6) is 1.13. The first-order valence-electron chi connectivity index (χ1n) is 6.50. The number of nitrogen functional groups attached to an aromatic ring is 1. The zero-order valence-electron chi connectivity index (χ0n) is 11.3. The van der Waals surface area contributed by atoms with Crippen LogP contribution in [0.1, 0.15) is 35.9 Å². The third-order valence-corrected chi connectivity index (χ3v) is 4.82. The Morgan fingerprint density at radius 3 is 2.68 bits per heavy atom. The maximum atomic E-state index is 12.2. The molecule has 0 unspecified atom stereocenters. The molecule has 1 aromatic rings. The Balaban J connectivity index is 2.08. The van der Waals surface area contributed by atoms with Crippen LogP contribution in [0.4, 0.5) is 5.69 Å². The molecule has 1 amide bonds. The molecule has 1 aliphatic rings. The lowest BCUT2D eigenvalue weighted by Gasteiger charge is -2.22. The van der Waals surface area contributed by atoms with Gasteiger partial charge in [0.15, 0.2) is 0 Å². The van der Waals surface area contributed by atoms with E-state index in [0.717, 1.165) is 18.5 Å². The van der Waals surface area contributed by atoms with Crippen LogP contribution in [0.25, 0.3) is 0 Å². The Labute approximate surface area is 115 Å². The van der Waals surface area contributed by atoms with E-state index in [1.54, 1.807) is 7.05 Å². The molecule has 1 fully saturated rings. The molecule has 3 N–H and O–H groups in total. The quantitative estimate of drug-likeness (QED) is 0.830. The van der Waals surface area contributed by atoms with E-state index in [4.69, 9.17) is 5.73 Å². The van der Waals surface area contributed by atoms with Gasteiger partial charge in [0.1, 0.15) is 5.69 Å². The number of aromatic nitrogens is 2. The molecular formula is C12H20N4O2S. The van der Waals surface area contributed by atoms with Crippen LogP contribution in [0.2, 0.25) is 0 Å². The first-order chi connectivity index (χ1) is 9.02. The van der Waals surface area contributed by atoms with E-state index in [-0.39, 0.29) is 11.9 Å². The number of amides is 1. The predicted molar refractivity (Wildman–Crippen MR) is 75.4 cm³/mol. The molecule has 1 aliphatic heterocycles. The molecule has 1 aromatic heterocycles. The lowest BCUT2D eigenvalue weighted by molar-refractivity contribution is 0.0926. The lowest BCUT2D eigenvalue weighted by Crippen LogP contribution is -2.40. The fourth-order valence-corrected chi connectivity index (χ4v) is 3.62. The number of anilines is 1. The highest BCUT2D eigenvalue weighted by Crippen LogP contribution is 2.18. The largest absolute Gasteiger partial charge is 0.395 e. The van der Waals surface area contributed by atoms with Gasteiger partial charge >= 0.3 is 0 Å². The standard InChI is InChI=1S/C12H20N4O2S/c1-3-9-10(13)11(16(2)15-9)12(17)14-8-4-6-19(18)7-5-8/h8H,3-7,13H2,1-2H3,(H,14,17). The Morgan fingerprint density at radius 1 is 1.53 bits per heavy atom. The van der Waals surface area contributed by atoms with E-state index in [1.165, 1.54) is 4.68 Å². The van der Waals surface area contributed by atoms with Crippen LogP contribution < -0.4 is 11.1 Å². The molecule has 2 heterocycles. The average Bonchev–Trinajstić information content (AvgIpc) is 2.67. The highest BCUT2D eigenvalue weighted by molar-refractivity contribution is 7.85. The summed E-state index contributed by atoms with van der Waals surface area (Å²) in [6, 6.07) is 0.0876. The van der Waals surface area contributed by atoms with Gasteiger partial charge in [-0.1, -0.05) is 6.92 Å². The molecule has 106 valence electrons. The molecule has 0 saturated carbocycles. The molecule has 7 heteroatoms. The molecule has 0 aromatic carbocycles. The van der Waals surface area contributed by atoms with Gasteiger partial charge in [0.05, 0.1) is 11.4 Å². The number of nitrogens with zero attached hydrogens (tertiary/aromatic N) is 2. The second-order valence-electron chi connectivity index (χ2n) is 4.78. The van der Waals surface area contributed by atoms with E-state index in [1.807, 2.05) is 6.92 Å². The summed E-state index contributed by atoms with van der Waals surface area (Å²) in [5, 5.41) is 7.20. The highest BCUT2D eigenvalue weighted by Gasteiger charge is 2.24. The molecule has 19 heavy (non-hydrogen) atoms. The number of aryl methyl sites for hydroxylation is 2. The smallest absolute Gasteiger partial charge is 0.271 e. The van der Waals surface area contributed by atoms with Crippen LogP contribution in [-0.4, -0.2) is 37.4 Å². The van der Waals surface area contributed by atoms with Gasteiger partial charge in [-0.3, -0.25) is 13.7 Å². The Kier molecular flexibility index (Phi) is 4.24. The van der Waals surface area contributed by atoms with Crippen molar-refractivity contribution >= 4 is 22.4 Å². The fraction of sp³-hybridized carbons (Fsp3) is 0.667. The predicted octanol–water partition coefficient (Wildman–Crippen LogP) is 0.206. The van der Waals surface area contributed by atoms with E-state index in [0.29, 0.717) is 29.3 Å². The summed E-state index contributed by atoms with van der Waals surface area (Å²) in [6.07, 6.45) is 2.23. The minimum absolute atomic E-state index is 0.0876. The van der Waals surface area contributed by atoms with E-state index < -0.39 is 10.8 Å². The van der Waals surface area contributed by atoms with Gasteiger partial charge < -0.3 is 11.1 Å². The van der Waals surface area contributed by atoms with E-state index >= 15 is 0 Å². The van der Waals surface area contributed by atoms with Crippen LogP contribution in [-0.2, 0) is 24.3 Å². The lowest BCUT2D eigenvalue weighted by atomic mass is 10.1. The Hall–Kier alpha value is -1.37. The maximum Gasteiger partial charge on any atom is 0.271 e. The van der Waals surface area contributed by atoms with Crippen molar-refractivity contribution in [1.82, 2.24) is 15.1 Å². The van der Waals surface area contributed by atoms with Crippen LogP contribution >= 0.6 is 0 Å². The normalized spacial score (nSPS) is 23.3. The van der Waals surface area contributed by atoms with Crippen molar-refractivity contribution < 1.29 is 9.00 Å². The van der Waals surface area contributed by atoms with Crippen molar-refractivity contribution in [1.29, 1.82) is 0 Å². The fourth-order valence-electron chi connectivity index (χ4n) is 2.32. The molecule has 0 spiro atoms. The number of carbonyl (C=O) groups excluding carboxylic acids is 1. The van der Waals surface area contributed by atoms with E-state index in [9.17, 15) is 9.00 Å². The second-order valence-corrected chi connectivity index (χ2v) is 6.48. The summed E-state index contributed by atoms with van der Waals surface area (Å²) in [7, 11) is 1.00. The third-order valence-electron chi connectivity index (χ3n) is 3.43. The van der Waals surface area contributed by atoms with Crippen LogP contribution in [0.3, 0.4) is 0 Å². The monoisotopic (exact) mass is 284 g/mol. The SMILES string of the molecule is CCc1nn(C)c(C(=O)NC2CCS(=O)CC2)c1N. The molecule has 1 saturated heterocycles. The van der Waals surface area contributed by atoms with Gasteiger partial charge in [-0.25, -0.2) is 0 Å². The van der Waals surface area contributed by atoms with Crippen molar-refractivity contribution in [3.8, 4) is 0 Å². The molecular weight excluding hydrogens is 264 g/mol. The first-order valence-corrected chi connectivity index (χ1v) is 7.99. The van der Waals surface area contributed by atoms with Gasteiger partial charge in [0.2, 0.25) is 0 Å². The second kappa shape index (κ2) is 5.73. The molecule has 6 nitrogen and oxygen atoms in total. The highest BCUT2D eigenvalue weighted by atomic mass is 32.2. The Morgan fingerprint density at radius 2 is 2.16 bits per heavy atom. The summed E-state index contributed by atoms with van der Waals surface area (Å²) < 4.78 is 12.8. The number of hydrogen-bond donors (Lipinski definition) is 2. The Bertz CT molecular complexity index is 502.